The Morgan fingerprint density at radius 1 is 1.26 bits per heavy atom. The number of nitrogens with one attached hydrogen (secondary N) is 1. The van der Waals surface area contributed by atoms with Crippen LogP contribution in [0.15, 0.2) is 36.4 Å². The van der Waals surface area contributed by atoms with Gasteiger partial charge in [-0.05, 0) is 24.3 Å². The maximum absolute atomic E-state index is 13.5. The summed E-state index contributed by atoms with van der Waals surface area (Å²) in [5.74, 6) is -0.185. The highest BCUT2D eigenvalue weighted by atomic mass is 35.5. The van der Waals surface area contributed by atoms with Crippen molar-refractivity contribution in [2.45, 2.75) is 6.54 Å². The summed E-state index contributed by atoms with van der Waals surface area (Å²) in [5, 5.41) is 3.32. The highest BCUT2D eigenvalue weighted by Crippen LogP contribution is 2.21. The summed E-state index contributed by atoms with van der Waals surface area (Å²) in [4.78, 5) is 3.11. The minimum Gasteiger partial charge on any atom is -0.371 e. The van der Waals surface area contributed by atoms with Gasteiger partial charge >= 0.3 is 0 Å². The second-order valence-corrected chi connectivity index (χ2v) is 6.06. The van der Waals surface area contributed by atoms with Gasteiger partial charge in [-0.3, -0.25) is 0 Å². The van der Waals surface area contributed by atoms with E-state index in [0.717, 1.165) is 24.0 Å². The Morgan fingerprint density at radius 3 is 2.74 bits per heavy atom. The van der Waals surface area contributed by atoms with Crippen molar-refractivity contribution in [3.8, 4) is 0 Å². The van der Waals surface area contributed by atoms with Gasteiger partial charge in [-0.25, -0.2) is 4.39 Å². The molecule has 0 spiro atoms. The smallest absolute Gasteiger partial charge is 0.146 e. The van der Waals surface area contributed by atoms with Gasteiger partial charge in [0, 0.05) is 31.6 Å². The monoisotopic (exact) mass is 298 g/mol. The van der Waals surface area contributed by atoms with Gasteiger partial charge < -0.3 is 10.2 Å². The third kappa shape index (κ3) is 4.20. The van der Waals surface area contributed by atoms with Crippen LogP contribution in [0.1, 0.15) is 4.88 Å². The topological polar surface area (TPSA) is 15.3 Å². The predicted octanol–water partition coefficient (Wildman–Crippen LogP) is 3.77. The van der Waals surface area contributed by atoms with Crippen LogP contribution in [0.4, 0.5) is 10.1 Å². The number of para-hydroxylation sites is 1. The highest BCUT2D eigenvalue weighted by Gasteiger charge is 2.05. The molecule has 0 aliphatic carbocycles. The fourth-order valence-corrected chi connectivity index (χ4v) is 2.84. The van der Waals surface area contributed by atoms with Gasteiger partial charge in [0.25, 0.3) is 0 Å². The lowest BCUT2D eigenvalue weighted by Gasteiger charge is -2.19. The van der Waals surface area contributed by atoms with Crippen molar-refractivity contribution in [3.05, 3.63) is 51.4 Å². The van der Waals surface area contributed by atoms with Crippen LogP contribution in [0.3, 0.4) is 0 Å². The molecule has 0 bridgehead atoms. The lowest BCUT2D eigenvalue weighted by Crippen LogP contribution is -2.29. The van der Waals surface area contributed by atoms with E-state index in [0.29, 0.717) is 5.69 Å². The Hall–Kier alpha value is -1.10. The van der Waals surface area contributed by atoms with Crippen molar-refractivity contribution in [1.82, 2.24) is 5.32 Å². The quantitative estimate of drug-likeness (QED) is 0.817. The lowest BCUT2D eigenvalue weighted by molar-refractivity contribution is 0.616. The van der Waals surface area contributed by atoms with Crippen LogP contribution in [-0.2, 0) is 6.54 Å². The number of rotatable bonds is 6. The molecule has 1 N–H and O–H groups in total. The Bertz CT molecular complexity index is 530. The lowest BCUT2D eigenvalue weighted by atomic mass is 10.3. The number of thiophene rings is 1. The molecule has 0 unspecified atom stereocenters. The Morgan fingerprint density at radius 2 is 2.05 bits per heavy atom. The van der Waals surface area contributed by atoms with E-state index in [2.05, 4.69) is 5.32 Å². The van der Waals surface area contributed by atoms with Crippen LogP contribution in [0.5, 0.6) is 0 Å². The second kappa shape index (κ2) is 6.89. The SMILES string of the molecule is CN(CCNCc1ccc(Cl)s1)c1ccccc1F. The summed E-state index contributed by atoms with van der Waals surface area (Å²) >= 11 is 7.44. The number of anilines is 1. The first-order valence-electron chi connectivity index (χ1n) is 6.07. The second-order valence-electron chi connectivity index (χ2n) is 4.26. The fourth-order valence-electron chi connectivity index (χ4n) is 1.79. The number of halogens is 2. The molecular weight excluding hydrogens is 283 g/mol. The molecule has 102 valence electrons. The van der Waals surface area contributed by atoms with Crippen LogP contribution in [-0.4, -0.2) is 20.1 Å². The normalized spacial score (nSPS) is 10.7. The molecule has 2 nitrogen and oxygen atoms in total. The summed E-state index contributed by atoms with van der Waals surface area (Å²) in [6.45, 7) is 2.34. The molecule has 0 saturated carbocycles. The maximum Gasteiger partial charge on any atom is 0.146 e. The van der Waals surface area contributed by atoms with Gasteiger partial charge in [0.2, 0.25) is 0 Å². The van der Waals surface area contributed by atoms with E-state index in [1.54, 1.807) is 23.5 Å². The Kier molecular flexibility index (Phi) is 5.19. The third-order valence-corrected chi connectivity index (χ3v) is 4.05. The van der Waals surface area contributed by atoms with Crippen LogP contribution in [0.25, 0.3) is 0 Å². The largest absolute Gasteiger partial charge is 0.371 e. The molecule has 1 aromatic carbocycles. The van der Waals surface area contributed by atoms with Crippen LogP contribution in [0.2, 0.25) is 4.34 Å². The fraction of sp³-hybridized carbons (Fsp3) is 0.286. The van der Waals surface area contributed by atoms with Gasteiger partial charge in [-0.15, -0.1) is 11.3 Å². The molecule has 5 heteroatoms. The Balaban J connectivity index is 1.75. The van der Waals surface area contributed by atoms with Crippen molar-refractivity contribution < 1.29 is 4.39 Å². The first-order chi connectivity index (χ1) is 9.16. The molecule has 0 amide bonds. The van der Waals surface area contributed by atoms with Crippen LogP contribution in [0, 0.1) is 5.82 Å². The molecule has 2 rings (SSSR count). The molecule has 19 heavy (non-hydrogen) atoms. The molecule has 0 saturated heterocycles. The zero-order chi connectivity index (χ0) is 13.7. The molecule has 1 heterocycles. The minimum absolute atomic E-state index is 0.185. The summed E-state index contributed by atoms with van der Waals surface area (Å²) in [6.07, 6.45) is 0. The average Bonchev–Trinajstić information content (AvgIpc) is 2.81. The summed E-state index contributed by atoms with van der Waals surface area (Å²) in [5.41, 5.74) is 0.628. The van der Waals surface area contributed by atoms with E-state index in [1.807, 2.05) is 30.1 Å². The van der Waals surface area contributed by atoms with Crippen molar-refractivity contribution in [2.24, 2.45) is 0 Å². The molecular formula is C14H16ClFN2S. The molecule has 2 aromatic rings. The minimum atomic E-state index is -0.185. The number of likely N-dealkylation sites (N-methyl/N-ethyl adjacent to an activating group) is 1. The van der Waals surface area contributed by atoms with Gasteiger partial charge in [0.1, 0.15) is 5.82 Å². The van der Waals surface area contributed by atoms with Crippen molar-refractivity contribution in [2.75, 3.05) is 25.0 Å². The van der Waals surface area contributed by atoms with Crippen molar-refractivity contribution in [3.63, 3.8) is 0 Å². The summed E-state index contributed by atoms with van der Waals surface area (Å²) in [6, 6.07) is 10.7. The molecule has 0 fully saturated rings. The van der Waals surface area contributed by atoms with Crippen molar-refractivity contribution in [1.29, 1.82) is 0 Å². The predicted molar refractivity (Wildman–Crippen MR) is 80.7 cm³/mol. The number of hydrogen-bond donors (Lipinski definition) is 1. The van der Waals surface area contributed by atoms with E-state index in [1.165, 1.54) is 10.9 Å². The average molecular weight is 299 g/mol. The number of hydrogen-bond acceptors (Lipinski definition) is 3. The first-order valence-corrected chi connectivity index (χ1v) is 7.27. The number of benzene rings is 1. The molecule has 0 aliphatic rings. The number of nitrogens with zero attached hydrogens (tertiary/aromatic N) is 1. The van der Waals surface area contributed by atoms with Gasteiger partial charge in [-0.2, -0.15) is 0 Å². The maximum atomic E-state index is 13.5. The van der Waals surface area contributed by atoms with E-state index >= 15 is 0 Å². The summed E-state index contributed by atoms with van der Waals surface area (Å²) < 4.78 is 14.3. The first kappa shape index (κ1) is 14.3. The molecule has 1 aromatic heterocycles. The molecule has 0 atom stereocenters. The van der Waals surface area contributed by atoms with Crippen molar-refractivity contribution >= 4 is 28.6 Å². The standard InChI is InChI=1S/C14H16ClFN2S/c1-18(13-5-3-2-4-12(13)16)9-8-17-10-11-6-7-14(15)19-11/h2-7,17H,8-10H2,1H3. The molecule has 0 radical (unpaired) electrons. The van der Waals surface area contributed by atoms with Gasteiger partial charge in [-0.1, -0.05) is 23.7 Å². The highest BCUT2D eigenvalue weighted by molar-refractivity contribution is 7.16. The zero-order valence-corrected chi connectivity index (χ0v) is 12.3. The van der Waals surface area contributed by atoms with E-state index in [4.69, 9.17) is 11.6 Å². The van der Waals surface area contributed by atoms with Crippen LogP contribution < -0.4 is 10.2 Å². The van der Waals surface area contributed by atoms with E-state index in [-0.39, 0.29) is 5.82 Å². The van der Waals surface area contributed by atoms with Crippen LogP contribution >= 0.6 is 22.9 Å². The zero-order valence-electron chi connectivity index (χ0n) is 10.7. The Labute approximate surface area is 121 Å². The van der Waals surface area contributed by atoms with E-state index in [9.17, 15) is 4.39 Å². The molecule has 0 aliphatic heterocycles. The van der Waals surface area contributed by atoms with Gasteiger partial charge in [0.05, 0.1) is 10.0 Å². The van der Waals surface area contributed by atoms with E-state index < -0.39 is 0 Å². The van der Waals surface area contributed by atoms with Gasteiger partial charge in [0.15, 0.2) is 0 Å². The summed E-state index contributed by atoms with van der Waals surface area (Å²) in [7, 11) is 1.89. The third-order valence-electron chi connectivity index (χ3n) is 2.82.